The zero-order valence-electron chi connectivity index (χ0n) is 10.9. The molecule has 0 bridgehead atoms. The fourth-order valence-corrected chi connectivity index (χ4v) is 2.76. The highest BCUT2D eigenvalue weighted by molar-refractivity contribution is 6.36. The Bertz CT molecular complexity index is 823. The second kappa shape index (κ2) is 5.30. The molecule has 2 heterocycles. The first kappa shape index (κ1) is 14.3. The molecule has 108 valence electrons. The van der Waals surface area contributed by atoms with Crippen molar-refractivity contribution < 1.29 is 4.42 Å². The largest absolute Gasteiger partial charge is 0.443 e. The van der Waals surface area contributed by atoms with Gasteiger partial charge in [0, 0.05) is 17.6 Å². The van der Waals surface area contributed by atoms with Gasteiger partial charge >= 0.3 is 0 Å². The molecule has 3 rings (SSSR count). The number of anilines is 1. The predicted molar refractivity (Wildman–Crippen MR) is 85.8 cm³/mol. The topological polar surface area (TPSA) is 57.0 Å². The lowest BCUT2D eigenvalue weighted by molar-refractivity contribution is 0.580. The van der Waals surface area contributed by atoms with Gasteiger partial charge in [0.05, 0.1) is 10.6 Å². The number of nitrogens with two attached hydrogens (primary N) is 1. The number of nitrogens with zero attached hydrogens (tertiary/aromatic N) is 2. The normalized spacial score (nSPS) is 11.0. The standard InChI is InChI=1S/C14H10Cl3N3O/c1-20-14(18)12(8-3-2-7(15)6-9(8)16)13(19-20)10-4-5-11(17)21-10/h2-6H,18H2,1H3. The molecule has 0 amide bonds. The Morgan fingerprint density at radius 3 is 2.52 bits per heavy atom. The summed E-state index contributed by atoms with van der Waals surface area (Å²) >= 11 is 18.0. The third kappa shape index (κ3) is 2.50. The number of aryl methyl sites for hydroxylation is 1. The maximum absolute atomic E-state index is 6.28. The lowest BCUT2D eigenvalue weighted by Crippen LogP contribution is -1.98. The van der Waals surface area contributed by atoms with Crippen molar-refractivity contribution in [1.29, 1.82) is 0 Å². The summed E-state index contributed by atoms with van der Waals surface area (Å²) in [6, 6.07) is 8.58. The van der Waals surface area contributed by atoms with E-state index < -0.39 is 0 Å². The summed E-state index contributed by atoms with van der Waals surface area (Å²) in [6.45, 7) is 0. The molecule has 7 heteroatoms. The lowest BCUT2D eigenvalue weighted by atomic mass is 10.0. The number of furan rings is 1. The van der Waals surface area contributed by atoms with Crippen LogP contribution in [0.5, 0.6) is 0 Å². The van der Waals surface area contributed by atoms with Crippen LogP contribution in [-0.4, -0.2) is 9.78 Å². The van der Waals surface area contributed by atoms with Crippen LogP contribution in [0.1, 0.15) is 0 Å². The predicted octanol–water partition coefficient (Wildman–Crippen LogP) is 4.89. The van der Waals surface area contributed by atoms with Crippen LogP contribution in [0.2, 0.25) is 15.3 Å². The van der Waals surface area contributed by atoms with Crippen molar-refractivity contribution in [2.24, 2.45) is 7.05 Å². The average Bonchev–Trinajstić information content (AvgIpc) is 2.96. The van der Waals surface area contributed by atoms with Gasteiger partial charge in [-0.3, -0.25) is 4.68 Å². The first-order chi connectivity index (χ1) is 9.97. The quantitative estimate of drug-likeness (QED) is 0.721. The third-order valence-electron chi connectivity index (χ3n) is 3.10. The molecule has 0 radical (unpaired) electrons. The summed E-state index contributed by atoms with van der Waals surface area (Å²) in [6.07, 6.45) is 0. The monoisotopic (exact) mass is 341 g/mol. The fourth-order valence-electron chi connectivity index (χ4n) is 2.11. The molecule has 0 aliphatic heterocycles. The van der Waals surface area contributed by atoms with E-state index in [-0.39, 0.29) is 5.22 Å². The Morgan fingerprint density at radius 2 is 1.90 bits per heavy atom. The van der Waals surface area contributed by atoms with Gasteiger partial charge in [-0.05, 0) is 35.9 Å². The van der Waals surface area contributed by atoms with Crippen molar-refractivity contribution in [1.82, 2.24) is 9.78 Å². The van der Waals surface area contributed by atoms with Crippen LogP contribution < -0.4 is 5.73 Å². The Hall–Kier alpha value is -1.62. The molecular formula is C14H10Cl3N3O. The second-order valence-corrected chi connectivity index (χ2v) is 5.68. The van der Waals surface area contributed by atoms with E-state index in [1.807, 2.05) is 0 Å². The van der Waals surface area contributed by atoms with Gasteiger partial charge in [-0.1, -0.05) is 29.3 Å². The van der Waals surface area contributed by atoms with Gasteiger partial charge < -0.3 is 10.2 Å². The molecule has 3 aromatic rings. The molecule has 0 spiro atoms. The van der Waals surface area contributed by atoms with Gasteiger partial charge in [0.15, 0.2) is 11.0 Å². The van der Waals surface area contributed by atoms with E-state index in [9.17, 15) is 0 Å². The molecule has 0 atom stereocenters. The third-order valence-corrected chi connectivity index (χ3v) is 3.85. The van der Waals surface area contributed by atoms with Crippen LogP contribution in [0.15, 0.2) is 34.7 Å². The SMILES string of the molecule is Cn1nc(-c2ccc(Cl)o2)c(-c2ccc(Cl)cc2Cl)c1N. The first-order valence-corrected chi connectivity index (χ1v) is 7.14. The Kier molecular flexibility index (Phi) is 3.61. The summed E-state index contributed by atoms with van der Waals surface area (Å²) in [7, 11) is 1.75. The van der Waals surface area contributed by atoms with E-state index in [4.69, 9.17) is 45.0 Å². The number of halogens is 3. The van der Waals surface area contributed by atoms with Crippen molar-refractivity contribution in [3.63, 3.8) is 0 Å². The van der Waals surface area contributed by atoms with Crippen molar-refractivity contribution >= 4 is 40.6 Å². The minimum Gasteiger partial charge on any atom is -0.443 e. The maximum Gasteiger partial charge on any atom is 0.194 e. The highest BCUT2D eigenvalue weighted by Gasteiger charge is 2.21. The zero-order valence-corrected chi connectivity index (χ0v) is 13.2. The zero-order chi connectivity index (χ0) is 15.1. The van der Waals surface area contributed by atoms with Gasteiger partial charge in [0.2, 0.25) is 0 Å². The minimum absolute atomic E-state index is 0.280. The van der Waals surface area contributed by atoms with Gasteiger partial charge in [-0.25, -0.2) is 0 Å². The van der Waals surface area contributed by atoms with Gasteiger partial charge in [-0.2, -0.15) is 5.10 Å². The summed E-state index contributed by atoms with van der Waals surface area (Å²) in [5, 5.41) is 5.70. The van der Waals surface area contributed by atoms with E-state index in [2.05, 4.69) is 5.10 Å². The van der Waals surface area contributed by atoms with Crippen molar-refractivity contribution in [2.45, 2.75) is 0 Å². The molecule has 0 fully saturated rings. The molecule has 0 saturated heterocycles. The number of aromatic nitrogens is 2. The summed E-state index contributed by atoms with van der Waals surface area (Å²) in [5.74, 6) is 0.995. The smallest absolute Gasteiger partial charge is 0.194 e. The maximum atomic E-state index is 6.28. The summed E-state index contributed by atoms with van der Waals surface area (Å²) in [4.78, 5) is 0. The molecule has 2 N–H and O–H groups in total. The highest BCUT2D eigenvalue weighted by atomic mass is 35.5. The fraction of sp³-hybridized carbons (Fsp3) is 0.0714. The Morgan fingerprint density at radius 1 is 1.14 bits per heavy atom. The molecule has 0 unspecified atom stereocenters. The first-order valence-electron chi connectivity index (χ1n) is 6.01. The van der Waals surface area contributed by atoms with Gasteiger partial charge in [0.25, 0.3) is 0 Å². The van der Waals surface area contributed by atoms with E-state index in [0.29, 0.717) is 32.9 Å². The average molecular weight is 343 g/mol. The Labute approximate surface area is 136 Å². The number of rotatable bonds is 2. The molecular weight excluding hydrogens is 333 g/mol. The van der Waals surface area contributed by atoms with Gasteiger partial charge in [0.1, 0.15) is 11.5 Å². The van der Waals surface area contributed by atoms with Gasteiger partial charge in [-0.15, -0.1) is 0 Å². The highest BCUT2D eigenvalue weighted by Crippen LogP contribution is 2.40. The van der Waals surface area contributed by atoms with Crippen LogP contribution in [0, 0.1) is 0 Å². The molecule has 2 aromatic heterocycles. The lowest BCUT2D eigenvalue weighted by Gasteiger charge is -2.06. The summed E-state index contributed by atoms with van der Waals surface area (Å²) < 4.78 is 6.99. The molecule has 21 heavy (non-hydrogen) atoms. The van der Waals surface area contributed by atoms with Crippen molar-refractivity contribution in [3.8, 4) is 22.6 Å². The number of benzene rings is 1. The molecule has 0 saturated carbocycles. The Balaban J connectivity index is 2.26. The van der Waals surface area contributed by atoms with Crippen molar-refractivity contribution in [3.05, 3.63) is 45.6 Å². The number of hydrogen-bond donors (Lipinski definition) is 1. The second-order valence-electron chi connectivity index (χ2n) is 4.46. The molecule has 0 aliphatic carbocycles. The number of hydrogen-bond acceptors (Lipinski definition) is 3. The molecule has 0 aliphatic rings. The van der Waals surface area contributed by atoms with Crippen LogP contribution in [0.3, 0.4) is 0 Å². The van der Waals surface area contributed by atoms with Crippen LogP contribution in [0.25, 0.3) is 22.6 Å². The summed E-state index contributed by atoms with van der Waals surface area (Å²) in [5.41, 5.74) is 8.11. The van der Waals surface area contributed by atoms with Crippen LogP contribution in [0.4, 0.5) is 5.82 Å². The van der Waals surface area contributed by atoms with E-state index in [1.54, 1.807) is 42.1 Å². The van der Waals surface area contributed by atoms with E-state index in [0.717, 1.165) is 5.56 Å². The van der Waals surface area contributed by atoms with E-state index >= 15 is 0 Å². The van der Waals surface area contributed by atoms with E-state index in [1.165, 1.54) is 0 Å². The van der Waals surface area contributed by atoms with Crippen LogP contribution >= 0.6 is 34.8 Å². The molecule has 4 nitrogen and oxygen atoms in total. The minimum atomic E-state index is 0.280. The van der Waals surface area contributed by atoms with Crippen LogP contribution in [-0.2, 0) is 7.05 Å². The molecule has 1 aromatic carbocycles. The van der Waals surface area contributed by atoms with Crippen molar-refractivity contribution in [2.75, 3.05) is 5.73 Å². The number of nitrogen functional groups attached to an aromatic ring is 1.